The third-order valence-corrected chi connectivity index (χ3v) is 7.48. The van der Waals surface area contributed by atoms with Crippen molar-refractivity contribution in [1.29, 1.82) is 0 Å². The highest BCUT2D eigenvalue weighted by Crippen LogP contribution is 2.38. The minimum Gasteiger partial charge on any atom is -0.496 e. The molecule has 1 aliphatic rings. The molecule has 7 nitrogen and oxygen atoms in total. The van der Waals surface area contributed by atoms with Gasteiger partial charge in [0.25, 0.3) is 5.91 Å². The number of ether oxygens (including phenoxy) is 1. The molecule has 1 aliphatic heterocycles. The minimum absolute atomic E-state index is 0.286. The standard InChI is InChI=1S/C32H30FN3O4/c1-19-23(21-14-27(33)26(30(15-21)40-3)18-36-16-22(17-36)32(38)39)8-6-9-24(19)25-10-7-12-28(20(25)2)35-31(37)29-11-4-5-13-34-29/h4-15,22H,16-18H2,1-3H3,(H,35,37)(H,38,39). The fourth-order valence-corrected chi connectivity index (χ4v) is 5.17. The van der Waals surface area contributed by atoms with Crippen molar-refractivity contribution < 1.29 is 23.8 Å². The van der Waals surface area contributed by atoms with Crippen LogP contribution in [0.4, 0.5) is 10.1 Å². The molecule has 204 valence electrons. The number of aliphatic carboxylic acids is 1. The van der Waals surface area contributed by atoms with E-state index in [-0.39, 0.29) is 12.5 Å². The van der Waals surface area contributed by atoms with E-state index >= 15 is 4.39 Å². The van der Waals surface area contributed by atoms with Gasteiger partial charge in [-0.3, -0.25) is 19.5 Å². The Hall–Kier alpha value is -4.56. The minimum atomic E-state index is -0.828. The van der Waals surface area contributed by atoms with Crippen LogP contribution in [-0.2, 0) is 11.3 Å². The molecule has 0 aliphatic carbocycles. The van der Waals surface area contributed by atoms with Crippen molar-refractivity contribution >= 4 is 17.6 Å². The summed E-state index contributed by atoms with van der Waals surface area (Å²) in [5.41, 5.74) is 6.75. The van der Waals surface area contributed by atoms with Crippen LogP contribution in [0.5, 0.6) is 5.75 Å². The lowest BCUT2D eigenvalue weighted by Gasteiger charge is -2.36. The molecular formula is C32H30FN3O4. The highest BCUT2D eigenvalue weighted by Gasteiger charge is 2.33. The molecule has 4 aromatic rings. The van der Waals surface area contributed by atoms with E-state index < -0.39 is 17.7 Å². The van der Waals surface area contributed by atoms with Gasteiger partial charge in [-0.25, -0.2) is 4.39 Å². The lowest BCUT2D eigenvalue weighted by molar-refractivity contribution is -0.147. The number of benzene rings is 3. The molecule has 2 heterocycles. The third kappa shape index (κ3) is 5.31. The van der Waals surface area contributed by atoms with Gasteiger partial charge in [0.1, 0.15) is 17.3 Å². The first-order valence-corrected chi connectivity index (χ1v) is 13.0. The Morgan fingerprint density at radius 2 is 1.70 bits per heavy atom. The number of halogens is 1. The highest BCUT2D eigenvalue weighted by atomic mass is 19.1. The van der Waals surface area contributed by atoms with E-state index in [1.807, 2.05) is 61.2 Å². The summed E-state index contributed by atoms with van der Waals surface area (Å²) in [6.07, 6.45) is 1.58. The molecule has 0 spiro atoms. The van der Waals surface area contributed by atoms with Crippen LogP contribution in [0.1, 0.15) is 27.2 Å². The number of carbonyl (C=O) groups excluding carboxylic acids is 1. The lowest BCUT2D eigenvalue weighted by Crippen LogP contribution is -2.49. The zero-order valence-electron chi connectivity index (χ0n) is 22.6. The number of carboxylic acids is 1. The zero-order valence-corrected chi connectivity index (χ0v) is 22.6. The predicted molar refractivity (Wildman–Crippen MR) is 152 cm³/mol. The van der Waals surface area contributed by atoms with Gasteiger partial charge in [-0.1, -0.05) is 36.4 Å². The van der Waals surface area contributed by atoms with Gasteiger partial charge >= 0.3 is 5.97 Å². The number of pyridine rings is 1. The van der Waals surface area contributed by atoms with E-state index in [0.717, 1.165) is 27.8 Å². The molecule has 5 rings (SSSR count). The van der Waals surface area contributed by atoms with Gasteiger partial charge in [0.2, 0.25) is 0 Å². The second-order valence-electron chi connectivity index (χ2n) is 9.99. The van der Waals surface area contributed by atoms with Crippen LogP contribution in [0.25, 0.3) is 22.3 Å². The Labute approximate surface area is 232 Å². The molecule has 0 unspecified atom stereocenters. The van der Waals surface area contributed by atoms with Gasteiger partial charge in [0.15, 0.2) is 0 Å². The van der Waals surface area contributed by atoms with Crippen LogP contribution >= 0.6 is 0 Å². The average molecular weight is 540 g/mol. The molecule has 1 aromatic heterocycles. The predicted octanol–water partition coefficient (Wildman–Crippen LogP) is 5.95. The van der Waals surface area contributed by atoms with Crippen LogP contribution in [0, 0.1) is 25.6 Å². The Morgan fingerprint density at radius 3 is 2.38 bits per heavy atom. The Morgan fingerprint density at radius 1 is 1.00 bits per heavy atom. The number of aromatic nitrogens is 1. The first-order valence-electron chi connectivity index (χ1n) is 13.0. The molecule has 40 heavy (non-hydrogen) atoms. The van der Waals surface area contributed by atoms with E-state index in [1.54, 1.807) is 24.4 Å². The summed E-state index contributed by atoms with van der Waals surface area (Å²) >= 11 is 0. The highest BCUT2D eigenvalue weighted by molar-refractivity contribution is 6.03. The van der Waals surface area contributed by atoms with Crippen LogP contribution in [0.2, 0.25) is 0 Å². The maximum Gasteiger partial charge on any atom is 0.309 e. The summed E-state index contributed by atoms with van der Waals surface area (Å²) in [4.78, 5) is 29.9. The number of anilines is 1. The first-order chi connectivity index (χ1) is 19.3. The number of likely N-dealkylation sites (tertiary alicyclic amines) is 1. The summed E-state index contributed by atoms with van der Waals surface area (Å²) in [5.74, 6) is -1.50. The van der Waals surface area contributed by atoms with Gasteiger partial charge in [0, 0.05) is 37.1 Å². The van der Waals surface area contributed by atoms with Crippen molar-refractivity contribution in [2.24, 2.45) is 5.92 Å². The van der Waals surface area contributed by atoms with Crippen LogP contribution in [-0.4, -0.2) is 47.1 Å². The number of hydrogen-bond donors (Lipinski definition) is 2. The molecular weight excluding hydrogens is 509 g/mol. The molecule has 1 fully saturated rings. The maximum atomic E-state index is 15.4. The summed E-state index contributed by atoms with van der Waals surface area (Å²) in [6.45, 7) is 5.02. The van der Waals surface area contributed by atoms with Gasteiger partial charge in [-0.2, -0.15) is 0 Å². The maximum absolute atomic E-state index is 15.4. The van der Waals surface area contributed by atoms with E-state index in [9.17, 15) is 9.59 Å². The van der Waals surface area contributed by atoms with Crippen LogP contribution in [0.3, 0.4) is 0 Å². The summed E-state index contributed by atoms with van der Waals surface area (Å²) in [6, 6.07) is 20.2. The van der Waals surface area contributed by atoms with E-state index in [1.165, 1.54) is 13.2 Å². The molecule has 1 amide bonds. The van der Waals surface area contributed by atoms with Crippen molar-refractivity contribution in [3.8, 4) is 28.0 Å². The Balaban J connectivity index is 1.45. The summed E-state index contributed by atoms with van der Waals surface area (Å²) in [5, 5.41) is 12.1. The Bertz CT molecular complexity index is 1580. The monoisotopic (exact) mass is 539 g/mol. The quantitative estimate of drug-likeness (QED) is 0.288. The molecule has 8 heteroatoms. The molecule has 0 saturated carbocycles. The molecule has 2 N–H and O–H groups in total. The van der Waals surface area contributed by atoms with Crippen molar-refractivity contribution in [3.63, 3.8) is 0 Å². The molecule has 0 radical (unpaired) electrons. The van der Waals surface area contributed by atoms with Gasteiger partial charge in [0.05, 0.1) is 13.0 Å². The van der Waals surface area contributed by atoms with Crippen molar-refractivity contribution in [2.75, 3.05) is 25.5 Å². The number of nitrogens with one attached hydrogen (secondary N) is 1. The molecule has 3 aromatic carbocycles. The average Bonchev–Trinajstić information content (AvgIpc) is 2.92. The second kappa shape index (κ2) is 11.3. The fraction of sp³-hybridized carbons (Fsp3) is 0.219. The number of nitrogens with zero attached hydrogens (tertiary/aromatic N) is 2. The number of rotatable bonds is 8. The zero-order chi connectivity index (χ0) is 28.4. The number of carboxylic acid groups (broad SMARTS) is 1. The number of methoxy groups -OCH3 is 1. The van der Waals surface area contributed by atoms with Crippen LogP contribution < -0.4 is 10.1 Å². The van der Waals surface area contributed by atoms with Gasteiger partial charge in [-0.05, 0) is 77.6 Å². The Kier molecular flexibility index (Phi) is 7.62. The number of hydrogen-bond acceptors (Lipinski definition) is 5. The van der Waals surface area contributed by atoms with E-state index in [2.05, 4.69) is 10.3 Å². The normalized spacial score (nSPS) is 13.5. The number of carbonyl (C=O) groups is 2. The number of amides is 1. The van der Waals surface area contributed by atoms with Crippen LogP contribution in [0.15, 0.2) is 72.9 Å². The molecule has 0 atom stereocenters. The lowest BCUT2D eigenvalue weighted by atomic mass is 9.90. The SMILES string of the molecule is COc1cc(-c2cccc(-c3cccc(NC(=O)c4ccccn4)c3C)c2C)cc(F)c1CN1CC(C(=O)O)C1. The van der Waals surface area contributed by atoms with Crippen molar-refractivity contribution in [2.45, 2.75) is 20.4 Å². The largest absolute Gasteiger partial charge is 0.496 e. The summed E-state index contributed by atoms with van der Waals surface area (Å²) in [7, 11) is 1.51. The van der Waals surface area contributed by atoms with E-state index in [0.29, 0.717) is 41.3 Å². The summed E-state index contributed by atoms with van der Waals surface area (Å²) < 4.78 is 21.0. The third-order valence-electron chi connectivity index (χ3n) is 7.48. The van der Waals surface area contributed by atoms with Crippen molar-refractivity contribution in [1.82, 2.24) is 9.88 Å². The fourth-order valence-electron chi connectivity index (χ4n) is 5.17. The topological polar surface area (TPSA) is 91.8 Å². The second-order valence-corrected chi connectivity index (χ2v) is 9.99. The van der Waals surface area contributed by atoms with E-state index in [4.69, 9.17) is 9.84 Å². The van der Waals surface area contributed by atoms with Crippen molar-refractivity contribution in [3.05, 3.63) is 101 Å². The first kappa shape index (κ1) is 27.0. The molecule has 0 bridgehead atoms. The molecule has 1 saturated heterocycles. The van der Waals surface area contributed by atoms with Gasteiger partial charge < -0.3 is 15.2 Å². The van der Waals surface area contributed by atoms with Gasteiger partial charge in [-0.15, -0.1) is 0 Å². The smallest absolute Gasteiger partial charge is 0.309 e.